The minimum absolute atomic E-state index is 0.195. The molecular weight excluding hydrogens is 248 g/mol. The van der Waals surface area contributed by atoms with Gasteiger partial charge in [0.2, 0.25) is 5.91 Å². The summed E-state index contributed by atoms with van der Waals surface area (Å²) in [6.45, 7) is 3.19. The van der Waals surface area contributed by atoms with Crippen molar-refractivity contribution in [2.75, 3.05) is 6.54 Å². The number of carbonyl (C=O) groups excluding carboxylic acids is 1. The summed E-state index contributed by atoms with van der Waals surface area (Å²) in [6, 6.07) is 0.778. The molecule has 1 heterocycles. The van der Waals surface area contributed by atoms with E-state index in [-0.39, 0.29) is 12.0 Å². The first-order valence-corrected chi connectivity index (χ1v) is 8.74. The van der Waals surface area contributed by atoms with Gasteiger partial charge in [0.25, 0.3) is 0 Å². The van der Waals surface area contributed by atoms with Crippen LogP contribution in [0, 0.1) is 17.8 Å². The Kier molecular flexibility index (Phi) is 4.34. The first-order chi connectivity index (χ1) is 9.68. The molecule has 2 aliphatic carbocycles. The second-order valence-corrected chi connectivity index (χ2v) is 7.35. The SMILES string of the molecule is CC1C(N)CCCC1C(=O)N1CCCC1C1CCCC1. The number of amides is 1. The molecule has 3 aliphatic rings. The molecule has 20 heavy (non-hydrogen) atoms. The molecule has 0 spiro atoms. The molecule has 1 saturated heterocycles. The van der Waals surface area contributed by atoms with Gasteiger partial charge >= 0.3 is 0 Å². The summed E-state index contributed by atoms with van der Waals surface area (Å²) in [7, 11) is 0. The lowest BCUT2D eigenvalue weighted by molar-refractivity contribution is -0.140. The van der Waals surface area contributed by atoms with Gasteiger partial charge in [-0.3, -0.25) is 4.79 Å². The smallest absolute Gasteiger partial charge is 0.226 e. The third-order valence-electron chi connectivity index (χ3n) is 6.21. The molecule has 1 amide bonds. The third-order valence-corrected chi connectivity index (χ3v) is 6.21. The van der Waals surface area contributed by atoms with Gasteiger partial charge in [0, 0.05) is 24.5 Å². The molecule has 2 N–H and O–H groups in total. The van der Waals surface area contributed by atoms with Crippen LogP contribution in [-0.4, -0.2) is 29.4 Å². The van der Waals surface area contributed by atoms with Crippen molar-refractivity contribution in [2.24, 2.45) is 23.5 Å². The van der Waals surface area contributed by atoms with E-state index in [4.69, 9.17) is 5.73 Å². The van der Waals surface area contributed by atoms with Gasteiger partial charge < -0.3 is 10.6 Å². The molecule has 0 aromatic carbocycles. The lowest BCUT2D eigenvalue weighted by Crippen LogP contribution is -2.48. The molecule has 0 aromatic heterocycles. The molecule has 3 rings (SSSR count). The molecule has 4 atom stereocenters. The van der Waals surface area contributed by atoms with Crippen LogP contribution < -0.4 is 5.73 Å². The van der Waals surface area contributed by atoms with Crippen molar-refractivity contribution >= 4 is 5.91 Å². The number of rotatable bonds is 2. The van der Waals surface area contributed by atoms with Crippen molar-refractivity contribution in [1.82, 2.24) is 4.90 Å². The van der Waals surface area contributed by atoms with Crippen molar-refractivity contribution < 1.29 is 4.79 Å². The number of nitrogens with two attached hydrogens (primary N) is 1. The third kappa shape index (κ3) is 2.61. The largest absolute Gasteiger partial charge is 0.339 e. The molecule has 2 saturated carbocycles. The van der Waals surface area contributed by atoms with E-state index in [1.165, 1.54) is 38.5 Å². The van der Waals surface area contributed by atoms with Crippen molar-refractivity contribution in [3.8, 4) is 0 Å². The average Bonchev–Trinajstić information content (AvgIpc) is 3.10. The topological polar surface area (TPSA) is 46.3 Å². The fraction of sp³-hybridized carbons (Fsp3) is 0.941. The molecule has 114 valence electrons. The van der Waals surface area contributed by atoms with Crippen molar-refractivity contribution in [2.45, 2.75) is 76.8 Å². The Balaban J connectivity index is 1.68. The van der Waals surface area contributed by atoms with E-state index >= 15 is 0 Å². The summed E-state index contributed by atoms with van der Waals surface area (Å²) >= 11 is 0. The normalized spacial score (nSPS) is 39.4. The highest BCUT2D eigenvalue weighted by molar-refractivity contribution is 5.80. The van der Waals surface area contributed by atoms with E-state index in [0.29, 0.717) is 17.9 Å². The summed E-state index contributed by atoms with van der Waals surface area (Å²) in [4.78, 5) is 15.3. The number of likely N-dealkylation sites (tertiary alicyclic amines) is 1. The van der Waals surface area contributed by atoms with Crippen LogP contribution in [0.1, 0.15) is 64.7 Å². The fourth-order valence-electron chi connectivity index (χ4n) is 4.86. The monoisotopic (exact) mass is 278 g/mol. The zero-order valence-corrected chi connectivity index (χ0v) is 12.9. The van der Waals surface area contributed by atoms with E-state index < -0.39 is 0 Å². The summed E-state index contributed by atoms with van der Waals surface area (Å²) < 4.78 is 0. The minimum atomic E-state index is 0.195. The van der Waals surface area contributed by atoms with Crippen LogP contribution in [0.4, 0.5) is 0 Å². The Morgan fingerprint density at radius 1 is 1.00 bits per heavy atom. The summed E-state index contributed by atoms with van der Waals surface area (Å²) in [6.07, 6.45) is 11.1. The number of hydrogen-bond donors (Lipinski definition) is 1. The number of nitrogens with zero attached hydrogens (tertiary/aromatic N) is 1. The van der Waals surface area contributed by atoms with Crippen molar-refractivity contribution in [3.63, 3.8) is 0 Å². The molecule has 0 bridgehead atoms. The molecule has 4 unspecified atom stereocenters. The van der Waals surface area contributed by atoms with Gasteiger partial charge in [-0.15, -0.1) is 0 Å². The molecule has 3 heteroatoms. The van der Waals surface area contributed by atoms with Crippen molar-refractivity contribution in [3.05, 3.63) is 0 Å². The van der Waals surface area contributed by atoms with Crippen LogP contribution in [0.2, 0.25) is 0 Å². The highest BCUT2D eigenvalue weighted by Gasteiger charge is 2.41. The van der Waals surface area contributed by atoms with E-state index in [9.17, 15) is 4.79 Å². The Bertz CT molecular complexity index is 351. The second kappa shape index (κ2) is 6.05. The van der Waals surface area contributed by atoms with Gasteiger partial charge in [-0.1, -0.05) is 26.2 Å². The quantitative estimate of drug-likeness (QED) is 0.844. The van der Waals surface area contributed by atoms with E-state index in [1.807, 2.05) is 0 Å². The van der Waals surface area contributed by atoms with Gasteiger partial charge in [0.15, 0.2) is 0 Å². The van der Waals surface area contributed by atoms with Gasteiger partial charge in [0.05, 0.1) is 0 Å². The Labute approximate surface area is 123 Å². The molecule has 1 aliphatic heterocycles. The maximum absolute atomic E-state index is 13.0. The van der Waals surface area contributed by atoms with Crippen LogP contribution >= 0.6 is 0 Å². The predicted octanol–water partition coefficient (Wildman–Crippen LogP) is 2.93. The van der Waals surface area contributed by atoms with Crippen LogP contribution in [-0.2, 0) is 4.79 Å². The molecular formula is C17H30N2O. The lowest BCUT2D eigenvalue weighted by atomic mass is 9.76. The van der Waals surface area contributed by atoms with Crippen molar-refractivity contribution in [1.29, 1.82) is 0 Å². The van der Waals surface area contributed by atoms with Crippen LogP contribution in [0.5, 0.6) is 0 Å². The van der Waals surface area contributed by atoms with Gasteiger partial charge in [-0.25, -0.2) is 0 Å². The highest BCUT2D eigenvalue weighted by Crippen LogP contribution is 2.38. The van der Waals surface area contributed by atoms with Crippen LogP contribution in [0.3, 0.4) is 0 Å². The maximum atomic E-state index is 13.0. The molecule has 0 aromatic rings. The van der Waals surface area contributed by atoms with Crippen LogP contribution in [0.15, 0.2) is 0 Å². The number of hydrogen-bond acceptors (Lipinski definition) is 2. The van der Waals surface area contributed by atoms with E-state index in [2.05, 4.69) is 11.8 Å². The average molecular weight is 278 g/mol. The lowest BCUT2D eigenvalue weighted by Gasteiger charge is -2.38. The first-order valence-electron chi connectivity index (χ1n) is 8.74. The van der Waals surface area contributed by atoms with Gasteiger partial charge in [-0.05, 0) is 50.4 Å². The molecule has 0 radical (unpaired) electrons. The molecule has 3 nitrogen and oxygen atoms in total. The summed E-state index contributed by atoms with van der Waals surface area (Å²) in [5.41, 5.74) is 6.19. The predicted molar refractivity (Wildman–Crippen MR) is 81.2 cm³/mol. The minimum Gasteiger partial charge on any atom is -0.339 e. The molecule has 3 fully saturated rings. The zero-order chi connectivity index (χ0) is 14.1. The summed E-state index contributed by atoms with van der Waals surface area (Å²) in [5, 5.41) is 0. The first kappa shape index (κ1) is 14.4. The van der Waals surface area contributed by atoms with Gasteiger partial charge in [0.1, 0.15) is 0 Å². The maximum Gasteiger partial charge on any atom is 0.226 e. The Morgan fingerprint density at radius 2 is 1.75 bits per heavy atom. The van der Waals surface area contributed by atoms with Crippen LogP contribution in [0.25, 0.3) is 0 Å². The Morgan fingerprint density at radius 3 is 2.50 bits per heavy atom. The summed E-state index contributed by atoms with van der Waals surface area (Å²) in [5.74, 6) is 1.78. The zero-order valence-electron chi connectivity index (χ0n) is 12.9. The van der Waals surface area contributed by atoms with E-state index in [1.54, 1.807) is 0 Å². The van der Waals surface area contributed by atoms with Gasteiger partial charge in [-0.2, -0.15) is 0 Å². The fourth-order valence-corrected chi connectivity index (χ4v) is 4.86. The van der Waals surface area contributed by atoms with E-state index in [0.717, 1.165) is 31.7 Å². The Hall–Kier alpha value is -0.570. The highest BCUT2D eigenvalue weighted by atomic mass is 16.2. The number of carbonyl (C=O) groups is 1. The second-order valence-electron chi connectivity index (χ2n) is 7.35. The standard InChI is InChI=1S/C17H30N2O/c1-12-14(8-4-9-15(12)18)17(20)19-11-5-10-16(19)13-6-2-3-7-13/h12-16H,2-11,18H2,1H3.